The number of alkyl halides is 3. The average molecular weight is 504 g/mol. The molecule has 0 bridgehead atoms. The van der Waals surface area contributed by atoms with Crippen molar-refractivity contribution >= 4 is 28.6 Å². The monoisotopic (exact) mass is 503 g/mol. The average Bonchev–Trinajstić information content (AvgIpc) is 3.15. The molecule has 0 unspecified atom stereocenters. The molecular formula is C27H32F3N3O3. The number of carbonyl (C=O) groups is 1. The lowest BCUT2D eigenvalue weighted by atomic mass is 9.74. The number of imidazole rings is 1. The van der Waals surface area contributed by atoms with E-state index >= 15 is 0 Å². The van der Waals surface area contributed by atoms with Gasteiger partial charge in [-0.25, -0.2) is 4.98 Å². The van der Waals surface area contributed by atoms with Crippen molar-refractivity contribution in [3.63, 3.8) is 0 Å². The standard InChI is InChI=1S/C27H32F3N3O3/c1-16(2)21-11-5-17(3)13-24(21)33-23-12-6-18(15-25(34)35-4)14-22(23)32-26(33)31-19-7-9-20(10-8-19)36-27(28,29)30/h6-10,12,14,16-17,21,24H,5,11,13,15H2,1-4H3,(H,31,32)/t17-,21-,24-/m1/s1. The fourth-order valence-corrected chi connectivity index (χ4v) is 5.23. The summed E-state index contributed by atoms with van der Waals surface area (Å²) < 4.78 is 48.7. The first-order valence-corrected chi connectivity index (χ1v) is 12.2. The van der Waals surface area contributed by atoms with Gasteiger partial charge in [-0.15, -0.1) is 13.2 Å². The molecule has 1 N–H and O–H groups in total. The highest BCUT2D eigenvalue weighted by Crippen LogP contribution is 2.44. The van der Waals surface area contributed by atoms with Crippen LogP contribution in [0, 0.1) is 17.8 Å². The van der Waals surface area contributed by atoms with Crippen molar-refractivity contribution in [3.05, 3.63) is 48.0 Å². The Morgan fingerprint density at radius 3 is 2.53 bits per heavy atom. The molecule has 0 amide bonds. The normalized spacial score (nSPS) is 20.5. The van der Waals surface area contributed by atoms with E-state index in [9.17, 15) is 18.0 Å². The first kappa shape index (κ1) is 25.9. The van der Waals surface area contributed by atoms with Crippen molar-refractivity contribution in [1.29, 1.82) is 0 Å². The zero-order valence-corrected chi connectivity index (χ0v) is 20.9. The largest absolute Gasteiger partial charge is 0.573 e. The fraction of sp³-hybridized carbons (Fsp3) is 0.481. The molecule has 1 heterocycles. The molecule has 194 valence electrons. The van der Waals surface area contributed by atoms with Crippen LogP contribution in [0.25, 0.3) is 11.0 Å². The Balaban J connectivity index is 1.74. The maximum absolute atomic E-state index is 12.6. The summed E-state index contributed by atoms with van der Waals surface area (Å²) in [6, 6.07) is 11.6. The number of anilines is 2. The zero-order chi connectivity index (χ0) is 26.0. The summed E-state index contributed by atoms with van der Waals surface area (Å²) in [5, 5.41) is 3.32. The number of esters is 1. The van der Waals surface area contributed by atoms with Crippen LogP contribution in [0.4, 0.5) is 24.8 Å². The van der Waals surface area contributed by atoms with E-state index in [4.69, 9.17) is 9.72 Å². The molecule has 36 heavy (non-hydrogen) atoms. The predicted octanol–water partition coefficient (Wildman–Crippen LogP) is 7.03. The van der Waals surface area contributed by atoms with Crippen molar-refractivity contribution in [3.8, 4) is 5.75 Å². The highest BCUT2D eigenvalue weighted by molar-refractivity contribution is 5.82. The Morgan fingerprint density at radius 1 is 1.17 bits per heavy atom. The minimum absolute atomic E-state index is 0.151. The molecule has 1 aromatic heterocycles. The summed E-state index contributed by atoms with van der Waals surface area (Å²) in [6.07, 6.45) is -1.29. The summed E-state index contributed by atoms with van der Waals surface area (Å²) in [4.78, 5) is 16.7. The van der Waals surface area contributed by atoms with Gasteiger partial charge in [0.15, 0.2) is 0 Å². The van der Waals surface area contributed by atoms with Gasteiger partial charge in [0, 0.05) is 11.7 Å². The number of aromatic nitrogens is 2. The smallest absolute Gasteiger partial charge is 0.469 e. The Bertz CT molecular complexity index is 1200. The lowest BCUT2D eigenvalue weighted by Crippen LogP contribution is -2.30. The second-order valence-corrected chi connectivity index (χ2v) is 9.97. The van der Waals surface area contributed by atoms with Gasteiger partial charge < -0.3 is 19.4 Å². The van der Waals surface area contributed by atoms with Gasteiger partial charge in [-0.05, 0) is 72.6 Å². The highest BCUT2D eigenvalue weighted by Gasteiger charge is 2.34. The van der Waals surface area contributed by atoms with Crippen LogP contribution in [0.1, 0.15) is 51.6 Å². The second kappa shape index (κ2) is 10.4. The zero-order valence-electron chi connectivity index (χ0n) is 20.9. The number of fused-ring (bicyclic) bond motifs is 1. The molecular weight excluding hydrogens is 471 g/mol. The summed E-state index contributed by atoms with van der Waals surface area (Å²) >= 11 is 0. The third-order valence-corrected chi connectivity index (χ3v) is 6.99. The Morgan fingerprint density at radius 2 is 1.89 bits per heavy atom. The first-order chi connectivity index (χ1) is 17.0. The number of benzene rings is 2. The van der Waals surface area contributed by atoms with Crippen molar-refractivity contribution in [1.82, 2.24) is 9.55 Å². The number of methoxy groups -OCH3 is 1. The fourth-order valence-electron chi connectivity index (χ4n) is 5.23. The summed E-state index contributed by atoms with van der Waals surface area (Å²) in [5.74, 6) is 1.51. The van der Waals surface area contributed by atoms with E-state index < -0.39 is 6.36 Å². The van der Waals surface area contributed by atoms with Crippen LogP contribution in [-0.4, -0.2) is 29.0 Å². The van der Waals surface area contributed by atoms with Gasteiger partial charge in [-0.2, -0.15) is 0 Å². The van der Waals surface area contributed by atoms with Crippen LogP contribution >= 0.6 is 0 Å². The van der Waals surface area contributed by atoms with Crippen LogP contribution in [0.5, 0.6) is 5.75 Å². The van der Waals surface area contributed by atoms with Gasteiger partial charge in [0.25, 0.3) is 0 Å². The molecule has 0 spiro atoms. The molecule has 0 aliphatic heterocycles. The van der Waals surface area contributed by atoms with Gasteiger partial charge in [-0.3, -0.25) is 4.79 Å². The van der Waals surface area contributed by atoms with Crippen molar-refractivity contribution in [2.24, 2.45) is 17.8 Å². The van der Waals surface area contributed by atoms with E-state index in [-0.39, 0.29) is 24.2 Å². The summed E-state index contributed by atoms with van der Waals surface area (Å²) in [6.45, 7) is 6.75. The lowest BCUT2D eigenvalue weighted by Gasteiger charge is -2.39. The van der Waals surface area contributed by atoms with E-state index in [1.807, 2.05) is 18.2 Å². The third-order valence-electron chi connectivity index (χ3n) is 6.99. The quantitative estimate of drug-likeness (QED) is 0.351. The maximum atomic E-state index is 12.6. The molecule has 3 aromatic rings. The number of ether oxygens (including phenoxy) is 2. The van der Waals surface area contributed by atoms with Gasteiger partial charge >= 0.3 is 12.3 Å². The SMILES string of the molecule is COC(=O)Cc1ccc2c(c1)nc(Nc1ccc(OC(F)(F)F)cc1)n2[C@@H]1C[C@H](C)CC[C@@H]1C(C)C. The minimum atomic E-state index is -4.74. The van der Waals surface area contributed by atoms with E-state index in [1.165, 1.54) is 37.8 Å². The van der Waals surface area contributed by atoms with Crippen molar-refractivity contribution in [2.45, 2.75) is 58.9 Å². The Kier molecular flexibility index (Phi) is 7.47. The van der Waals surface area contributed by atoms with Crippen LogP contribution in [-0.2, 0) is 16.0 Å². The molecule has 4 rings (SSSR count). The molecule has 1 fully saturated rings. The molecule has 9 heteroatoms. The van der Waals surface area contributed by atoms with E-state index in [0.29, 0.717) is 29.4 Å². The van der Waals surface area contributed by atoms with Crippen LogP contribution in [0.15, 0.2) is 42.5 Å². The number of carbonyl (C=O) groups excluding carboxylic acids is 1. The Labute approximate surface area is 208 Å². The maximum Gasteiger partial charge on any atom is 0.573 e. The number of nitrogens with zero attached hydrogens (tertiary/aromatic N) is 2. The van der Waals surface area contributed by atoms with Crippen LogP contribution in [0.3, 0.4) is 0 Å². The number of halogens is 3. The van der Waals surface area contributed by atoms with Gasteiger partial charge in [0.05, 0.1) is 24.6 Å². The first-order valence-electron chi connectivity index (χ1n) is 12.2. The van der Waals surface area contributed by atoms with Crippen LogP contribution < -0.4 is 10.1 Å². The Hall–Kier alpha value is -3.23. The van der Waals surface area contributed by atoms with Crippen molar-refractivity contribution in [2.75, 3.05) is 12.4 Å². The van der Waals surface area contributed by atoms with Gasteiger partial charge in [-0.1, -0.05) is 33.3 Å². The molecule has 0 saturated heterocycles. The second-order valence-electron chi connectivity index (χ2n) is 9.97. The third kappa shape index (κ3) is 5.94. The molecule has 3 atom stereocenters. The molecule has 0 radical (unpaired) electrons. The number of hydrogen-bond donors (Lipinski definition) is 1. The van der Waals surface area contributed by atoms with Crippen molar-refractivity contribution < 1.29 is 27.4 Å². The predicted molar refractivity (Wildman–Crippen MR) is 132 cm³/mol. The topological polar surface area (TPSA) is 65.4 Å². The van der Waals surface area contributed by atoms with E-state index in [1.54, 1.807) is 0 Å². The van der Waals surface area contributed by atoms with Gasteiger partial charge in [0.2, 0.25) is 5.95 Å². The summed E-state index contributed by atoms with van der Waals surface area (Å²) in [5.41, 5.74) is 3.10. The van der Waals surface area contributed by atoms with E-state index in [0.717, 1.165) is 29.4 Å². The van der Waals surface area contributed by atoms with Gasteiger partial charge in [0.1, 0.15) is 5.75 Å². The molecule has 1 aliphatic rings. The molecule has 1 aliphatic carbocycles. The highest BCUT2D eigenvalue weighted by atomic mass is 19.4. The summed E-state index contributed by atoms with van der Waals surface area (Å²) in [7, 11) is 1.36. The molecule has 1 saturated carbocycles. The van der Waals surface area contributed by atoms with Crippen LogP contribution in [0.2, 0.25) is 0 Å². The number of rotatable bonds is 7. The minimum Gasteiger partial charge on any atom is -0.469 e. The lowest BCUT2D eigenvalue weighted by molar-refractivity contribution is -0.274. The van der Waals surface area contributed by atoms with E-state index in [2.05, 4.69) is 35.4 Å². The molecule has 6 nitrogen and oxygen atoms in total. The number of nitrogens with one attached hydrogen (secondary N) is 1. The number of hydrogen-bond acceptors (Lipinski definition) is 5. The molecule has 2 aromatic carbocycles.